The molecule has 234 valence electrons. The number of carbonyl (C=O) groups is 2. The number of aromatic nitrogens is 3. The zero-order valence-electron chi connectivity index (χ0n) is 25.6. The molecular weight excluding hydrogens is 600 g/mol. The molecule has 6 rings (SSSR count). The highest BCUT2D eigenvalue weighted by Crippen LogP contribution is 2.34. The maximum absolute atomic E-state index is 13.8. The first-order chi connectivity index (χ1) is 22.5. The Morgan fingerprint density at radius 2 is 1.76 bits per heavy atom. The number of furan rings is 1. The smallest absolute Gasteiger partial charge is 0.287 e. The Morgan fingerprint density at radius 3 is 2.48 bits per heavy atom. The van der Waals surface area contributed by atoms with Gasteiger partial charge in [0.25, 0.3) is 11.8 Å². The second kappa shape index (κ2) is 14.3. The number of benzene rings is 3. The summed E-state index contributed by atoms with van der Waals surface area (Å²) in [5.74, 6) is 1.21. The van der Waals surface area contributed by atoms with E-state index >= 15 is 0 Å². The summed E-state index contributed by atoms with van der Waals surface area (Å²) in [6.07, 6.45) is 2.78. The van der Waals surface area contributed by atoms with E-state index in [2.05, 4.69) is 51.9 Å². The van der Waals surface area contributed by atoms with Crippen LogP contribution in [-0.2, 0) is 24.3 Å². The molecule has 2 amide bonds. The van der Waals surface area contributed by atoms with Crippen molar-refractivity contribution in [3.63, 3.8) is 0 Å². The summed E-state index contributed by atoms with van der Waals surface area (Å²) < 4.78 is 12.5. The fraction of sp³-hybridized carbons (Fsp3) is 0.229. The number of rotatable bonds is 12. The Balaban J connectivity index is 1.21. The minimum Gasteiger partial charge on any atom is -0.497 e. The molecule has 5 aromatic rings. The van der Waals surface area contributed by atoms with E-state index < -0.39 is 0 Å². The van der Waals surface area contributed by atoms with Crippen molar-refractivity contribution in [1.29, 1.82) is 0 Å². The van der Waals surface area contributed by atoms with Crippen LogP contribution in [0.4, 0.5) is 0 Å². The first kappa shape index (κ1) is 30.8. The Labute approximate surface area is 271 Å². The predicted molar refractivity (Wildman–Crippen MR) is 176 cm³/mol. The summed E-state index contributed by atoms with van der Waals surface area (Å²) in [6, 6.07) is 29.1. The zero-order valence-corrected chi connectivity index (χ0v) is 26.4. The number of hydrogen-bond acceptors (Lipinski definition) is 8. The van der Waals surface area contributed by atoms with E-state index in [1.807, 2.05) is 54.0 Å². The van der Waals surface area contributed by atoms with Gasteiger partial charge >= 0.3 is 0 Å². The lowest BCUT2D eigenvalue weighted by Crippen LogP contribution is -2.28. The largest absolute Gasteiger partial charge is 0.497 e. The molecule has 1 aliphatic rings. The Hall–Kier alpha value is -5.16. The summed E-state index contributed by atoms with van der Waals surface area (Å²) in [5.41, 5.74) is 5.12. The van der Waals surface area contributed by atoms with Gasteiger partial charge in [-0.25, -0.2) is 5.01 Å². The number of ether oxygens (including phenoxy) is 1. The molecule has 0 radical (unpaired) electrons. The third-order valence-electron chi connectivity index (χ3n) is 7.79. The van der Waals surface area contributed by atoms with Crippen LogP contribution in [0.3, 0.4) is 0 Å². The van der Waals surface area contributed by atoms with Gasteiger partial charge in [-0.05, 0) is 66.4 Å². The molecule has 3 aromatic carbocycles. The van der Waals surface area contributed by atoms with Crippen molar-refractivity contribution in [3.05, 3.63) is 131 Å². The Morgan fingerprint density at radius 1 is 0.978 bits per heavy atom. The van der Waals surface area contributed by atoms with E-state index in [9.17, 15) is 9.59 Å². The van der Waals surface area contributed by atoms with Crippen molar-refractivity contribution in [3.8, 4) is 5.75 Å². The molecule has 1 N–H and O–H groups in total. The number of nitrogens with zero attached hydrogens (tertiary/aromatic N) is 5. The summed E-state index contributed by atoms with van der Waals surface area (Å²) in [6.45, 7) is 2.78. The zero-order chi connectivity index (χ0) is 31.9. The monoisotopic (exact) mass is 634 g/mol. The van der Waals surface area contributed by atoms with Gasteiger partial charge in [-0.2, -0.15) is 5.10 Å². The fourth-order valence-electron chi connectivity index (χ4n) is 5.26. The summed E-state index contributed by atoms with van der Waals surface area (Å²) in [4.78, 5) is 26.4. The van der Waals surface area contributed by atoms with E-state index in [-0.39, 0.29) is 35.9 Å². The van der Waals surface area contributed by atoms with Crippen LogP contribution < -0.4 is 10.1 Å². The molecule has 46 heavy (non-hydrogen) atoms. The summed E-state index contributed by atoms with van der Waals surface area (Å²) in [5, 5.41) is 18.7. The number of hydrogen-bond donors (Lipinski definition) is 1. The van der Waals surface area contributed by atoms with Crippen LogP contribution in [0.1, 0.15) is 51.1 Å². The minimum atomic E-state index is -0.339. The molecule has 0 saturated carbocycles. The molecule has 10 nitrogen and oxygen atoms in total. The van der Waals surface area contributed by atoms with Gasteiger partial charge in [0.1, 0.15) is 5.75 Å². The Kier molecular flexibility index (Phi) is 9.59. The molecule has 0 bridgehead atoms. The highest BCUT2D eigenvalue weighted by atomic mass is 32.2. The van der Waals surface area contributed by atoms with Crippen molar-refractivity contribution in [1.82, 2.24) is 25.1 Å². The lowest BCUT2D eigenvalue weighted by molar-refractivity contribution is -0.130. The van der Waals surface area contributed by atoms with Gasteiger partial charge in [0.2, 0.25) is 0 Å². The van der Waals surface area contributed by atoms with Crippen molar-refractivity contribution >= 4 is 29.3 Å². The second-order valence-electron chi connectivity index (χ2n) is 10.9. The number of methoxy groups -OCH3 is 1. The summed E-state index contributed by atoms with van der Waals surface area (Å²) >= 11 is 1.31. The average molecular weight is 635 g/mol. The van der Waals surface area contributed by atoms with Crippen LogP contribution in [0.2, 0.25) is 0 Å². The molecule has 0 saturated heterocycles. The first-order valence-electron chi connectivity index (χ1n) is 15.0. The minimum absolute atomic E-state index is 0.115. The van der Waals surface area contributed by atoms with Gasteiger partial charge in [0, 0.05) is 13.0 Å². The van der Waals surface area contributed by atoms with Crippen LogP contribution in [0.25, 0.3) is 0 Å². The van der Waals surface area contributed by atoms with Gasteiger partial charge < -0.3 is 19.0 Å². The quantitative estimate of drug-likeness (QED) is 0.172. The molecule has 0 unspecified atom stereocenters. The molecule has 2 aromatic heterocycles. The van der Waals surface area contributed by atoms with E-state index in [0.717, 1.165) is 40.1 Å². The number of hydrazone groups is 1. The molecule has 3 heterocycles. The van der Waals surface area contributed by atoms with Crippen LogP contribution in [0.15, 0.2) is 112 Å². The van der Waals surface area contributed by atoms with Crippen LogP contribution in [0.5, 0.6) is 5.75 Å². The molecule has 0 spiro atoms. The lowest BCUT2D eigenvalue weighted by Gasteiger charge is -2.22. The maximum atomic E-state index is 13.8. The maximum Gasteiger partial charge on any atom is 0.287 e. The van der Waals surface area contributed by atoms with Crippen LogP contribution >= 0.6 is 11.8 Å². The molecule has 11 heteroatoms. The van der Waals surface area contributed by atoms with Crippen molar-refractivity contribution < 1.29 is 18.7 Å². The molecule has 0 aliphatic carbocycles. The third kappa shape index (κ3) is 7.21. The van der Waals surface area contributed by atoms with Gasteiger partial charge in [0.05, 0.1) is 37.4 Å². The number of aryl methyl sites for hydroxylation is 2. The molecular formula is C35H34N6O4S. The number of carbonyl (C=O) groups excluding carboxylic acids is 2. The normalized spacial score (nSPS) is 14.3. The van der Waals surface area contributed by atoms with E-state index in [0.29, 0.717) is 23.9 Å². The van der Waals surface area contributed by atoms with Crippen molar-refractivity contribution in [2.75, 3.05) is 12.9 Å². The topological polar surface area (TPSA) is 115 Å². The van der Waals surface area contributed by atoms with Gasteiger partial charge in [0.15, 0.2) is 16.7 Å². The predicted octanol–water partition coefficient (Wildman–Crippen LogP) is 5.83. The lowest BCUT2D eigenvalue weighted by atomic mass is 9.97. The Bertz CT molecular complexity index is 1800. The molecule has 0 fully saturated rings. The van der Waals surface area contributed by atoms with E-state index in [1.165, 1.54) is 18.0 Å². The van der Waals surface area contributed by atoms with Gasteiger partial charge in [-0.1, -0.05) is 71.9 Å². The number of amides is 2. The number of nitrogens with one attached hydrogen (secondary N) is 1. The molecule has 1 aliphatic heterocycles. The van der Waals surface area contributed by atoms with E-state index in [1.54, 1.807) is 24.3 Å². The van der Waals surface area contributed by atoms with Gasteiger partial charge in [-0.15, -0.1) is 10.2 Å². The average Bonchev–Trinajstić information content (AvgIpc) is 3.87. The van der Waals surface area contributed by atoms with Crippen molar-refractivity contribution in [2.45, 2.75) is 44.1 Å². The third-order valence-corrected chi connectivity index (χ3v) is 8.74. The van der Waals surface area contributed by atoms with Crippen LogP contribution in [-0.4, -0.2) is 50.2 Å². The van der Waals surface area contributed by atoms with E-state index in [4.69, 9.17) is 14.3 Å². The fourth-order valence-corrected chi connectivity index (χ4v) is 6.10. The standard InChI is InChI=1S/C35H34N6O4S/c1-24-10-12-27(13-11-24)30-21-29(26-14-16-28(44-2)17-15-26)39-41(30)33(42)23-46-35-38-37-32(22-36-34(43)31-9-6-20-45-31)40(35)19-18-25-7-4-3-5-8-25/h3-17,20,30H,18-19,21-23H2,1-2H3,(H,36,43)/t30-/m0/s1. The molecule has 1 atom stereocenters. The SMILES string of the molecule is COc1ccc(C2=NN(C(=O)CSc3nnc(CNC(=O)c4ccco4)n3CCc3ccccc3)[C@H](c3ccc(C)cc3)C2)cc1. The number of thioether (sulfide) groups is 1. The van der Waals surface area contributed by atoms with Crippen molar-refractivity contribution in [2.24, 2.45) is 5.10 Å². The highest BCUT2D eigenvalue weighted by molar-refractivity contribution is 7.99. The highest BCUT2D eigenvalue weighted by Gasteiger charge is 2.33. The van der Waals surface area contributed by atoms with Gasteiger partial charge in [-0.3, -0.25) is 9.59 Å². The first-order valence-corrected chi connectivity index (χ1v) is 16.0. The van der Waals surface area contributed by atoms with Crippen LogP contribution in [0, 0.1) is 6.92 Å². The second-order valence-corrected chi connectivity index (χ2v) is 11.8. The summed E-state index contributed by atoms with van der Waals surface area (Å²) in [7, 11) is 1.63.